The molecular formula is C6H5NOS2. The average Bonchev–Trinajstić information content (AvgIpc) is 1.88. The molecule has 0 amide bonds. The minimum absolute atomic E-state index is 0.516. The first-order chi connectivity index (χ1) is 4.74. The lowest BCUT2D eigenvalue weighted by Gasteiger charge is -1.93. The predicted octanol–water partition coefficient (Wildman–Crippen LogP) is 1.85. The zero-order valence-electron chi connectivity index (χ0n) is 5.00. The second-order valence-corrected chi connectivity index (χ2v) is 2.63. The van der Waals surface area contributed by atoms with Crippen LogP contribution in [0.15, 0.2) is 17.2 Å². The first-order valence-corrected chi connectivity index (χ1v) is 3.47. The number of aldehydes is 1. The number of carbonyl (C=O) groups is 1. The maximum Gasteiger partial charge on any atom is 0.152 e. The van der Waals surface area contributed by atoms with Gasteiger partial charge in [0, 0.05) is 5.56 Å². The van der Waals surface area contributed by atoms with Crippen molar-refractivity contribution in [3.63, 3.8) is 0 Å². The molecule has 1 heterocycles. The third-order valence-electron chi connectivity index (χ3n) is 1.06. The van der Waals surface area contributed by atoms with Gasteiger partial charge in [-0.3, -0.25) is 4.79 Å². The van der Waals surface area contributed by atoms with Crippen LogP contribution < -0.4 is 0 Å². The Morgan fingerprint density at radius 3 is 2.80 bits per heavy atom. The van der Waals surface area contributed by atoms with Gasteiger partial charge in [0.1, 0.15) is 4.64 Å². The fraction of sp³-hybridized carbons (Fsp3) is 0. The van der Waals surface area contributed by atoms with Gasteiger partial charge in [0.25, 0.3) is 0 Å². The Morgan fingerprint density at radius 2 is 2.30 bits per heavy atom. The molecule has 0 fully saturated rings. The van der Waals surface area contributed by atoms with Crippen LogP contribution in [0.2, 0.25) is 0 Å². The van der Waals surface area contributed by atoms with Gasteiger partial charge >= 0.3 is 0 Å². The Labute approximate surface area is 68.7 Å². The average molecular weight is 171 g/mol. The number of hydrogen-bond acceptors (Lipinski definition) is 3. The first kappa shape index (κ1) is 7.50. The second kappa shape index (κ2) is 2.98. The molecule has 0 radical (unpaired) electrons. The smallest absolute Gasteiger partial charge is 0.152 e. The highest BCUT2D eigenvalue weighted by atomic mass is 32.1. The highest BCUT2D eigenvalue weighted by Crippen LogP contribution is 2.06. The van der Waals surface area contributed by atoms with Crippen molar-refractivity contribution in [1.29, 1.82) is 0 Å². The Bertz CT molecular complexity index is 305. The van der Waals surface area contributed by atoms with Crippen LogP contribution in [-0.4, -0.2) is 11.3 Å². The van der Waals surface area contributed by atoms with E-state index in [0.29, 0.717) is 15.2 Å². The Hall–Kier alpha value is -0.610. The minimum atomic E-state index is 0.516. The number of H-pyrrole nitrogens is 1. The monoisotopic (exact) mass is 171 g/mol. The lowest BCUT2D eigenvalue weighted by Crippen LogP contribution is -1.85. The predicted molar refractivity (Wildman–Crippen MR) is 44.3 cm³/mol. The van der Waals surface area contributed by atoms with E-state index in [2.05, 4.69) is 17.6 Å². The van der Waals surface area contributed by atoms with Gasteiger partial charge in [-0.15, -0.1) is 12.6 Å². The number of rotatable bonds is 1. The van der Waals surface area contributed by atoms with Crippen molar-refractivity contribution in [3.8, 4) is 0 Å². The van der Waals surface area contributed by atoms with Gasteiger partial charge in [0.2, 0.25) is 0 Å². The molecule has 1 rings (SSSR count). The summed E-state index contributed by atoms with van der Waals surface area (Å²) in [6, 6.07) is 3.28. The molecule has 2 nitrogen and oxygen atoms in total. The third-order valence-corrected chi connectivity index (χ3v) is 1.66. The number of thiol groups is 1. The summed E-state index contributed by atoms with van der Waals surface area (Å²) in [5.74, 6) is 0. The third kappa shape index (κ3) is 1.46. The zero-order chi connectivity index (χ0) is 7.56. The number of hydrogen-bond donors (Lipinski definition) is 2. The summed E-state index contributed by atoms with van der Waals surface area (Å²) in [5.41, 5.74) is 0.525. The quantitative estimate of drug-likeness (QED) is 0.384. The molecule has 0 saturated carbocycles. The molecule has 1 N–H and O–H groups in total. The van der Waals surface area contributed by atoms with Crippen molar-refractivity contribution in [2.75, 3.05) is 0 Å². The van der Waals surface area contributed by atoms with Crippen molar-refractivity contribution >= 4 is 31.1 Å². The summed E-state index contributed by atoms with van der Waals surface area (Å²) >= 11 is 8.78. The molecule has 1 aromatic heterocycles. The number of nitrogens with one attached hydrogen (secondary N) is 1. The molecular weight excluding hydrogens is 166 g/mol. The molecule has 0 aliphatic heterocycles. The van der Waals surface area contributed by atoms with E-state index in [1.165, 1.54) is 0 Å². The molecule has 1 aromatic rings. The summed E-state index contributed by atoms with van der Waals surface area (Å²) < 4.78 is 0.579. The number of carbonyl (C=O) groups excluding carboxylic acids is 1. The molecule has 0 bridgehead atoms. The number of aromatic nitrogens is 1. The van der Waals surface area contributed by atoms with E-state index in [9.17, 15) is 4.79 Å². The van der Waals surface area contributed by atoms with Crippen LogP contribution >= 0.6 is 24.8 Å². The van der Waals surface area contributed by atoms with Crippen LogP contribution in [0.1, 0.15) is 10.4 Å². The van der Waals surface area contributed by atoms with E-state index in [-0.39, 0.29) is 0 Å². The molecule has 0 aliphatic carbocycles. The van der Waals surface area contributed by atoms with Crippen LogP contribution in [0.5, 0.6) is 0 Å². The van der Waals surface area contributed by atoms with Gasteiger partial charge < -0.3 is 4.98 Å². The van der Waals surface area contributed by atoms with Crippen molar-refractivity contribution in [2.45, 2.75) is 5.03 Å². The van der Waals surface area contributed by atoms with Crippen LogP contribution in [0.25, 0.3) is 0 Å². The highest BCUT2D eigenvalue weighted by Gasteiger charge is 1.93. The fourth-order valence-electron chi connectivity index (χ4n) is 0.570. The van der Waals surface area contributed by atoms with Crippen LogP contribution in [0.3, 0.4) is 0 Å². The molecule has 0 saturated heterocycles. The molecule has 4 heteroatoms. The van der Waals surface area contributed by atoms with Gasteiger partial charge in [-0.25, -0.2) is 0 Å². The van der Waals surface area contributed by atoms with E-state index in [4.69, 9.17) is 12.2 Å². The molecule has 0 unspecified atom stereocenters. The lowest BCUT2D eigenvalue weighted by atomic mass is 10.3. The normalized spacial score (nSPS) is 9.30. The summed E-state index contributed by atoms with van der Waals surface area (Å²) in [5, 5.41) is 0.516. The SMILES string of the molecule is O=Cc1ccc(=S)[nH]c1S. The van der Waals surface area contributed by atoms with E-state index in [0.717, 1.165) is 6.29 Å². The number of pyridine rings is 1. The summed E-state index contributed by atoms with van der Waals surface area (Å²) in [6.07, 6.45) is 0.730. The van der Waals surface area contributed by atoms with Crippen molar-refractivity contribution in [1.82, 2.24) is 4.98 Å². The molecule has 0 spiro atoms. The maximum atomic E-state index is 10.2. The van der Waals surface area contributed by atoms with Crippen molar-refractivity contribution < 1.29 is 4.79 Å². The van der Waals surface area contributed by atoms with Crippen molar-refractivity contribution in [3.05, 3.63) is 22.3 Å². The van der Waals surface area contributed by atoms with Crippen molar-refractivity contribution in [2.24, 2.45) is 0 Å². The maximum absolute atomic E-state index is 10.2. The van der Waals surface area contributed by atoms with E-state index >= 15 is 0 Å². The van der Waals surface area contributed by atoms with Crippen LogP contribution in [0.4, 0.5) is 0 Å². The van der Waals surface area contributed by atoms with Gasteiger partial charge in [-0.1, -0.05) is 12.2 Å². The molecule has 0 aromatic carbocycles. The van der Waals surface area contributed by atoms with Gasteiger partial charge in [-0.05, 0) is 12.1 Å². The summed E-state index contributed by atoms with van der Waals surface area (Å²) in [4.78, 5) is 13.0. The standard InChI is InChI=1S/C6H5NOS2/c8-3-4-1-2-5(9)7-6(4)10/h1-3H,(H2,7,9,10). The zero-order valence-corrected chi connectivity index (χ0v) is 6.71. The molecule has 0 atom stereocenters. The topological polar surface area (TPSA) is 32.9 Å². The van der Waals surface area contributed by atoms with Crippen LogP contribution in [-0.2, 0) is 0 Å². The lowest BCUT2D eigenvalue weighted by molar-refractivity contribution is 0.112. The minimum Gasteiger partial charge on any atom is -0.341 e. The second-order valence-electron chi connectivity index (χ2n) is 1.74. The summed E-state index contributed by atoms with van der Waals surface area (Å²) in [6.45, 7) is 0. The van der Waals surface area contributed by atoms with Crippen LogP contribution in [0, 0.1) is 4.64 Å². The fourth-order valence-corrected chi connectivity index (χ4v) is 1.06. The summed E-state index contributed by atoms with van der Waals surface area (Å²) in [7, 11) is 0. The van der Waals surface area contributed by atoms with E-state index in [1.54, 1.807) is 12.1 Å². The number of aromatic amines is 1. The Kier molecular flexibility index (Phi) is 2.24. The molecule has 10 heavy (non-hydrogen) atoms. The highest BCUT2D eigenvalue weighted by molar-refractivity contribution is 7.80. The molecule has 52 valence electrons. The van der Waals surface area contributed by atoms with E-state index in [1.807, 2.05) is 0 Å². The molecule has 0 aliphatic rings. The van der Waals surface area contributed by atoms with Gasteiger partial charge in [0.15, 0.2) is 6.29 Å². The Morgan fingerprint density at radius 1 is 1.60 bits per heavy atom. The first-order valence-electron chi connectivity index (χ1n) is 2.61. The van der Waals surface area contributed by atoms with Gasteiger partial charge in [-0.2, -0.15) is 0 Å². The largest absolute Gasteiger partial charge is 0.341 e. The Balaban J connectivity index is 3.32. The van der Waals surface area contributed by atoms with Gasteiger partial charge in [0.05, 0.1) is 5.03 Å². The van der Waals surface area contributed by atoms with E-state index < -0.39 is 0 Å².